The van der Waals surface area contributed by atoms with Gasteiger partial charge in [-0.05, 0) is 44.1 Å². The van der Waals surface area contributed by atoms with Crippen molar-refractivity contribution in [2.45, 2.75) is 65.2 Å². The van der Waals surface area contributed by atoms with Gasteiger partial charge in [-0.3, -0.25) is 9.59 Å². The van der Waals surface area contributed by atoms with Crippen LogP contribution in [0.1, 0.15) is 73.2 Å². The molecule has 2 rings (SSSR count). The highest BCUT2D eigenvalue weighted by Gasteiger charge is 2.30. The van der Waals surface area contributed by atoms with Crippen LogP contribution in [0.3, 0.4) is 0 Å². The average Bonchev–Trinajstić information content (AvgIpc) is 2.98. The molecular weight excluding hydrogens is 366 g/mol. The Kier molecular flexibility index (Phi) is 8.28. The molecule has 1 heterocycles. The maximum Gasteiger partial charge on any atom is 0.341 e. The van der Waals surface area contributed by atoms with E-state index in [1.807, 2.05) is 0 Å². The summed E-state index contributed by atoms with van der Waals surface area (Å²) in [6.45, 7) is 4.27. The molecule has 150 valence electrons. The molecule has 1 aromatic rings. The molecule has 1 atom stereocenters. The van der Waals surface area contributed by atoms with E-state index >= 15 is 0 Å². The summed E-state index contributed by atoms with van der Waals surface area (Å²) in [4.78, 5) is 37.1. The Labute approximate surface area is 164 Å². The molecule has 0 aliphatic heterocycles. The van der Waals surface area contributed by atoms with Crippen LogP contribution in [0.5, 0.6) is 0 Å². The molecule has 0 aromatic carbocycles. The zero-order chi connectivity index (χ0) is 19.8. The van der Waals surface area contributed by atoms with Gasteiger partial charge in [-0.1, -0.05) is 19.8 Å². The van der Waals surface area contributed by atoms with E-state index in [0.717, 1.165) is 31.2 Å². The third-order valence-electron chi connectivity index (χ3n) is 4.81. The molecule has 0 fully saturated rings. The second-order valence-corrected chi connectivity index (χ2v) is 7.91. The van der Waals surface area contributed by atoms with Gasteiger partial charge in [0.15, 0.2) is 0 Å². The van der Waals surface area contributed by atoms with Crippen molar-refractivity contribution in [3.05, 3.63) is 16.0 Å². The third-order valence-corrected chi connectivity index (χ3v) is 5.98. The van der Waals surface area contributed by atoms with Crippen LogP contribution in [-0.2, 0) is 31.9 Å². The van der Waals surface area contributed by atoms with Crippen molar-refractivity contribution in [2.75, 3.05) is 19.0 Å². The smallest absolute Gasteiger partial charge is 0.341 e. The molecular formula is C20H29NO5S. The normalized spacial score (nSPS) is 15.7. The van der Waals surface area contributed by atoms with Gasteiger partial charge >= 0.3 is 11.9 Å². The summed E-state index contributed by atoms with van der Waals surface area (Å²) in [7, 11) is 1.33. The third kappa shape index (κ3) is 5.79. The molecule has 1 aliphatic carbocycles. The van der Waals surface area contributed by atoms with Crippen molar-refractivity contribution in [3.8, 4) is 0 Å². The molecule has 0 spiro atoms. The summed E-state index contributed by atoms with van der Waals surface area (Å²) in [5, 5.41) is 3.45. The number of methoxy groups -OCH3 is 1. The molecule has 6 nitrogen and oxygen atoms in total. The number of ether oxygens (including phenoxy) is 2. The van der Waals surface area contributed by atoms with Crippen molar-refractivity contribution >= 4 is 34.2 Å². The lowest BCUT2D eigenvalue weighted by molar-refractivity contribution is -0.140. The van der Waals surface area contributed by atoms with Crippen LogP contribution in [0.2, 0.25) is 0 Å². The van der Waals surface area contributed by atoms with Crippen LogP contribution in [0, 0.1) is 5.92 Å². The molecule has 1 aromatic heterocycles. The molecule has 1 N–H and O–H groups in total. The van der Waals surface area contributed by atoms with E-state index in [-0.39, 0.29) is 30.7 Å². The number of carbonyl (C=O) groups excluding carboxylic acids is 3. The first kappa shape index (κ1) is 21.4. The number of fused-ring (bicyclic) bond motifs is 1. The number of rotatable bonds is 9. The van der Waals surface area contributed by atoms with Crippen molar-refractivity contribution in [3.63, 3.8) is 0 Å². The zero-order valence-corrected chi connectivity index (χ0v) is 17.2. The van der Waals surface area contributed by atoms with Crippen LogP contribution in [-0.4, -0.2) is 31.6 Å². The fourth-order valence-corrected chi connectivity index (χ4v) is 4.87. The number of nitrogens with one attached hydrogen (secondary N) is 1. The molecule has 0 saturated heterocycles. The molecule has 1 unspecified atom stereocenters. The minimum absolute atomic E-state index is 0.201. The fourth-order valence-electron chi connectivity index (χ4n) is 3.50. The van der Waals surface area contributed by atoms with Crippen LogP contribution in [0.15, 0.2) is 0 Å². The van der Waals surface area contributed by atoms with Gasteiger partial charge in [0.05, 0.1) is 19.3 Å². The number of hydrogen-bond acceptors (Lipinski definition) is 6. The fraction of sp³-hybridized carbons (Fsp3) is 0.650. The predicted octanol–water partition coefficient (Wildman–Crippen LogP) is 4.11. The average molecular weight is 396 g/mol. The van der Waals surface area contributed by atoms with Crippen molar-refractivity contribution in [2.24, 2.45) is 5.92 Å². The number of carbonyl (C=O) groups is 3. The highest BCUT2D eigenvalue weighted by Crippen LogP contribution is 2.41. The molecule has 0 bridgehead atoms. The van der Waals surface area contributed by atoms with Gasteiger partial charge in [0.2, 0.25) is 5.91 Å². The van der Waals surface area contributed by atoms with Crippen LogP contribution in [0.25, 0.3) is 0 Å². The van der Waals surface area contributed by atoms with E-state index in [1.165, 1.54) is 29.7 Å². The summed E-state index contributed by atoms with van der Waals surface area (Å²) in [6.07, 6.45) is 6.03. The second-order valence-electron chi connectivity index (χ2n) is 6.80. The maximum atomic E-state index is 12.5. The van der Waals surface area contributed by atoms with Crippen LogP contribution in [0.4, 0.5) is 5.00 Å². The van der Waals surface area contributed by atoms with Gasteiger partial charge in [0, 0.05) is 17.7 Å². The molecule has 0 radical (unpaired) electrons. The summed E-state index contributed by atoms with van der Waals surface area (Å²) in [5.74, 6) is -0.259. The number of hydrogen-bond donors (Lipinski definition) is 1. The summed E-state index contributed by atoms with van der Waals surface area (Å²) < 4.78 is 9.81. The molecule has 27 heavy (non-hydrogen) atoms. The lowest BCUT2D eigenvalue weighted by Gasteiger charge is -2.21. The maximum absolute atomic E-state index is 12.5. The minimum atomic E-state index is -0.367. The highest BCUT2D eigenvalue weighted by molar-refractivity contribution is 7.17. The van der Waals surface area contributed by atoms with Crippen molar-refractivity contribution < 1.29 is 23.9 Å². The van der Waals surface area contributed by atoms with E-state index in [4.69, 9.17) is 4.74 Å². The first-order valence-electron chi connectivity index (χ1n) is 9.68. The Morgan fingerprint density at radius 3 is 2.67 bits per heavy atom. The predicted molar refractivity (Wildman–Crippen MR) is 105 cm³/mol. The number of anilines is 1. The van der Waals surface area contributed by atoms with Crippen LogP contribution >= 0.6 is 11.3 Å². The Morgan fingerprint density at radius 2 is 2.00 bits per heavy atom. The monoisotopic (exact) mass is 395 g/mol. The summed E-state index contributed by atoms with van der Waals surface area (Å²) in [6, 6.07) is 0. The van der Waals surface area contributed by atoms with E-state index in [2.05, 4.69) is 17.0 Å². The molecule has 0 saturated carbocycles. The van der Waals surface area contributed by atoms with E-state index in [1.54, 1.807) is 6.92 Å². The van der Waals surface area contributed by atoms with Crippen molar-refractivity contribution in [1.82, 2.24) is 0 Å². The Hall–Kier alpha value is -1.89. The van der Waals surface area contributed by atoms with Crippen molar-refractivity contribution in [1.29, 1.82) is 0 Å². The SMILES string of the molecule is CCCC1CCc2c(sc(NC(=O)CCCC(=O)OC)c2C(=O)OCC)C1. The quantitative estimate of drug-likeness (QED) is 0.636. The summed E-state index contributed by atoms with van der Waals surface area (Å²) >= 11 is 1.49. The van der Waals surface area contributed by atoms with Gasteiger partial charge in [0.25, 0.3) is 0 Å². The second kappa shape index (κ2) is 10.4. The lowest BCUT2D eigenvalue weighted by atomic mass is 9.84. The Bertz CT molecular complexity index is 682. The number of amides is 1. The largest absolute Gasteiger partial charge is 0.469 e. The topological polar surface area (TPSA) is 81.7 Å². The van der Waals surface area contributed by atoms with E-state index < -0.39 is 0 Å². The molecule has 7 heteroatoms. The van der Waals surface area contributed by atoms with E-state index in [0.29, 0.717) is 29.5 Å². The van der Waals surface area contributed by atoms with Gasteiger partial charge < -0.3 is 14.8 Å². The zero-order valence-electron chi connectivity index (χ0n) is 16.4. The summed E-state index contributed by atoms with van der Waals surface area (Å²) in [5.41, 5.74) is 1.56. The van der Waals surface area contributed by atoms with Gasteiger partial charge in [-0.15, -0.1) is 11.3 Å². The number of thiophene rings is 1. The Balaban J connectivity index is 2.13. The Morgan fingerprint density at radius 1 is 1.22 bits per heavy atom. The van der Waals surface area contributed by atoms with Gasteiger partial charge in [-0.2, -0.15) is 0 Å². The standard InChI is InChI=1S/C20H29NO5S/c1-4-7-13-10-11-14-15(12-13)27-19(18(14)20(24)26-5-2)21-16(22)8-6-9-17(23)25-3/h13H,4-12H2,1-3H3,(H,21,22). The minimum Gasteiger partial charge on any atom is -0.469 e. The number of esters is 2. The van der Waals surface area contributed by atoms with Crippen LogP contribution < -0.4 is 5.32 Å². The van der Waals surface area contributed by atoms with E-state index in [9.17, 15) is 14.4 Å². The molecule has 1 amide bonds. The van der Waals surface area contributed by atoms with Gasteiger partial charge in [-0.25, -0.2) is 4.79 Å². The first-order chi connectivity index (χ1) is 13.0. The lowest BCUT2D eigenvalue weighted by Crippen LogP contribution is -2.17. The van der Waals surface area contributed by atoms with Gasteiger partial charge in [0.1, 0.15) is 5.00 Å². The first-order valence-corrected chi connectivity index (χ1v) is 10.5. The molecule has 1 aliphatic rings. The highest BCUT2D eigenvalue weighted by atomic mass is 32.1.